The van der Waals surface area contributed by atoms with E-state index in [9.17, 15) is 0 Å². The van der Waals surface area contributed by atoms with Crippen molar-refractivity contribution in [3.63, 3.8) is 0 Å². The highest BCUT2D eigenvalue weighted by Gasteiger charge is 2.07. The largest absolute Gasteiger partial charge is 0.471 e. The number of nitrogens with zero attached hydrogens (tertiary/aromatic N) is 1. The van der Waals surface area contributed by atoms with Gasteiger partial charge in [0.05, 0.1) is 27.9 Å². The SMILES string of the molecule is N#Cc1c[nH]c2c(NSc3ccoc3)cccc12. The number of fused-ring (bicyclic) bond motifs is 1. The lowest BCUT2D eigenvalue weighted by molar-refractivity contribution is 0.562. The molecule has 3 rings (SSSR count). The Bertz CT molecular complexity index is 709. The minimum Gasteiger partial charge on any atom is -0.471 e. The molecule has 0 aliphatic heterocycles. The molecule has 0 radical (unpaired) electrons. The van der Waals surface area contributed by atoms with E-state index >= 15 is 0 Å². The van der Waals surface area contributed by atoms with Crippen LogP contribution in [-0.2, 0) is 0 Å². The summed E-state index contributed by atoms with van der Waals surface area (Å²) < 4.78 is 8.24. The number of H-pyrrole nitrogens is 1. The highest BCUT2D eigenvalue weighted by atomic mass is 32.2. The third-order valence-corrected chi connectivity index (χ3v) is 3.40. The van der Waals surface area contributed by atoms with Crippen molar-refractivity contribution in [2.75, 3.05) is 4.72 Å². The molecule has 0 bridgehead atoms. The van der Waals surface area contributed by atoms with Crippen LogP contribution in [0.2, 0.25) is 0 Å². The van der Waals surface area contributed by atoms with Gasteiger partial charge in [0, 0.05) is 11.6 Å². The second-order valence-electron chi connectivity index (χ2n) is 3.71. The molecular weight excluding hydrogens is 246 g/mol. The quantitative estimate of drug-likeness (QED) is 0.699. The molecule has 2 heterocycles. The number of aromatic amines is 1. The zero-order valence-electron chi connectivity index (χ0n) is 9.31. The molecule has 0 fully saturated rings. The second-order valence-corrected chi connectivity index (χ2v) is 4.59. The molecule has 0 aliphatic rings. The fourth-order valence-corrected chi connectivity index (χ4v) is 2.38. The number of nitrogens with one attached hydrogen (secondary N) is 2. The Kier molecular flexibility index (Phi) is 2.71. The van der Waals surface area contributed by atoms with Crippen LogP contribution in [0.5, 0.6) is 0 Å². The van der Waals surface area contributed by atoms with Crippen LogP contribution in [0.1, 0.15) is 5.56 Å². The van der Waals surface area contributed by atoms with Crippen molar-refractivity contribution < 1.29 is 4.42 Å². The van der Waals surface area contributed by atoms with E-state index in [1.54, 1.807) is 18.7 Å². The van der Waals surface area contributed by atoms with Gasteiger partial charge in [-0.25, -0.2) is 0 Å². The molecule has 1 aromatic carbocycles. The predicted molar refractivity (Wildman–Crippen MR) is 71.2 cm³/mol. The number of hydrogen-bond donors (Lipinski definition) is 2. The molecule has 3 aromatic rings. The molecule has 0 atom stereocenters. The van der Waals surface area contributed by atoms with Crippen molar-refractivity contribution in [3.8, 4) is 6.07 Å². The molecule has 88 valence electrons. The molecule has 2 N–H and O–H groups in total. The van der Waals surface area contributed by atoms with Gasteiger partial charge in [-0.1, -0.05) is 12.1 Å². The van der Waals surface area contributed by atoms with E-state index in [1.165, 1.54) is 11.9 Å². The van der Waals surface area contributed by atoms with Gasteiger partial charge in [-0.05, 0) is 24.1 Å². The van der Waals surface area contributed by atoms with E-state index in [0.29, 0.717) is 5.56 Å². The van der Waals surface area contributed by atoms with Crippen molar-refractivity contribution in [2.45, 2.75) is 4.90 Å². The number of benzene rings is 1. The summed E-state index contributed by atoms with van der Waals surface area (Å²) in [6.45, 7) is 0. The normalized spacial score (nSPS) is 10.4. The molecule has 0 spiro atoms. The number of aromatic nitrogens is 1. The number of hydrogen-bond acceptors (Lipinski definition) is 4. The maximum absolute atomic E-state index is 8.99. The number of nitriles is 1. The van der Waals surface area contributed by atoms with Crippen LogP contribution < -0.4 is 4.72 Å². The van der Waals surface area contributed by atoms with Gasteiger partial charge in [0.2, 0.25) is 0 Å². The summed E-state index contributed by atoms with van der Waals surface area (Å²) in [6.07, 6.45) is 5.03. The van der Waals surface area contributed by atoms with Crippen molar-refractivity contribution in [3.05, 3.63) is 48.6 Å². The molecule has 5 heteroatoms. The third-order valence-electron chi connectivity index (χ3n) is 2.61. The maximum Gasteiger partial charge on any atom is 0.106 e. The summed E-state index contributed by atoms with van der Waals surface area (Å²) in [5.41, 5.74) is 2.53. The lowest BCUT2D eigenvalue weighted by atomic mass is 10.2. The molecule has 2 aromatic heterocycles. The van der Waals surface area contributed by atoms with Gasteiger partial charge in [0.15, 0.2) is 0 Å². The van der Waals surface area contributed by atoms with Crippen LogP contribution in [0, 0.1) is 11.3 Å². The molecular formula is C13H9N3OS. The van der Waals surface area contributed by atoms with Crippen LogP contribution in [0.3, 0.4) is 0 Å². The highest BCUT2D eigenvalue weighted by Crippen LogP contribution is 2.29. The molecule has 0 saturated carbocycles. The summed E-state index contributed by atoms with van der Waals surface area (Å²) >= 11 is 1.47. The summed E-state index contributed by atoms with van der Waals surface area (Å²) in [6, 6.07) is 9.87. The van der Waals surface area contributed by atoms with Crippen LogP contribution in [0.4, 0.5) is 5.69 Å². The summed E-state index contributed by atoms with van der Waals surface area (Å²) in [4.78, 5) is 4.12. The Hall–Kier alpha value is -2.32. The first-order chi connectivity index (χ1) is 8.88. The maximum atomic E-state index is 8.99. The fourth-order valence-electron chi connectivity index (χ4n) is 1.76. The van der Waals surface area contributed by atoms with Crippen LogP contribution in [0.25, 0.3) is 10.9 Å². The molecule has 18 heavy (non-hydrogen) atoms. The van der Waals surface area contributed by atoms with Gasteiger partial charge in [-0.3, -0.25) is 0 Å². The van der Waals surface area contributed by atoms with E-state index in [1.807, 2.05) is 24.3 Å². The molecule has 0 aliphatic carbocycles. The van der Waals surface area contributed by atoms with Crippen molar-refractivity contribution in [2.24, 2.45) is 0 Å². The van der Waals surface area contributed by atoms with E-state index < -0.39 is 0 Å². The van der Waals surface area contributed by atoms with Gasteiger partial charge in [0.25, 0.3) is 0 Å². The lowest BCUT2D eigenvalue weighted by Gasteiger charge is -2.04. The summed E-state index contributed by atoms with van der Waals surface area (Å²) in [7, 11) is 0. The van der Waals surface area contributed by atoms with E-state index in [2.05, 4.69) is 15.8 Å². The van der Waals surface area contributed by atoms with Gasteiger partial charge in [0.1, 0.15) is 12.3 Å². The summed E-state index contributed by atoms with van der Waals surface area (Å²) in [5, 5.41) is 9.91. The number of para-hydroxylation sites is 1. The van der Waals surface area contributed by atoms with Crippen molar-refractivity contribution in [1.82, 2.24) is 4.98 Å². The zero-order chi connectivity index (χ0) is 12.4. The van der Waals surface area contributed by atoms with Gasteiger partial charge in [-0.15, -0.1) is 0 Å². The van der Waals surface area contributed by atoms with E-state index in [4.69, 9.17) is 9.68 Å². The van der Waals surface area contributed by atoms with Crippen LogP contribution in [-0.4, -0.2) is 4.98 Å². The van der Waals surface area contributed by atoms with Crippen LogP contribution >= 0.6 is 11.9 Å². The lowest BCUT2D eigenvalue weighted by Crippen LogP contribution is -1.87. The number of anilines is 1. The Morgan fingerprint density at radius 3 is 3.06 bits per heavy atom. The van der Waals surface area contributed by atoms with E-state index in [0.717, 1.165) is 21.5 Å². The first kappa shape index (κ1) is 10.8. The number of rotatable bonds is 3. The first-order valence-corrected chi connectivity index (χ1v) is 6.15. The Morgan fingerprint density at radius 2 is 2.28 bits per heavy atom. The van der Waals surface area contributed by atoms with E-state index in [-0.39, 0.29) is 0 Å². The highest BCUT2D eigenvalue weighted by molar-refractivity contribution is 8.00. The third kappa shape index (κ3) is 1.83. The van der Waals surface area contributed by atoms with Gasteiger partial charge >= 0.3 is 0 Å². The van der Waals surface area contributed by atoms with Crippen LogP contribution in [0.15, 0.2) is 52.3 Å². The minimum atomic E-state index is 0.655. The topological polar surface area (TPSA) is 64.8 Å². The van der Waals surface area contributed by atoms with Crippen molar-refractivity contribution >= 4 is 28.5 Å². The molecule has 4 nitrogen and oxygen atoms in total. The Morgan fingerprint density at radius 1 is 1.33 bits per heavy atom. The van der Waals surface area contributed by atoms with Gasteiger partial charge in [-0.2, -0.15) is 5.26 Å². The first-order valence-electron chi connectivity index (χ1n) is 5.34. The van der Waals surface area contributed by atoms with Crippen molar-refractivity contribution in [1.29, 1.82) is 5.26 Å². The fraction of sp³-hybridized carbons (Fsp3) is 0. The predicted octanol–water partition coefficient (Wildman–Crippen LogP) is 3.75. The molecule has 0 amide bonds. The zero-order valence-corrected chi connectivity index (χ0v) is 10.1. The smallest absolute Gasteiger partial charge is 0.106 e. The minimum absolute atomic E-state index is 0.655. The monoisotopic (exact) mass is 255 g/mol. The average molecular weight is 255 g/mol. The second kappa shape index (κ2) is 4.51. The average Bonchev–Trinajstić information content (AvgIpc) is 3.05. The summed E-state index contributed by atoms with van der Waals surface area (Å²) in [5.74, 6) is 0. The Labute approximate surface area is 108 Å². The number of furan rings is 1. The standard InChI is InChI=1S/C13H9N3OS/c14-6-9-7-15-13-11(9)2-1-3-12(13)16-18-10-4-5-17-8-10/h1-5,7-8,15-16H. The Balaban J connectivity index is 1.93. The molecule has 0 unspecified atom stereocenters. The molecule has 0 saturated heterocycles. The van der Waals surface area contributed by atoms with Gasteiger partial charge < -0.3 is 14.1 Å².